The molecule has 0 saturated carbocycles. The topological polar surface area (TPSA) is 116 Å². The Labute approximate surface area is 172 Å². The third-order valence-corrected chi connectivity index (χ3v) is 4.64. The van der Waals surface area contributed by atoms with Gasteiger partial charge < -0.3 is 29.9 Å². The Morgan fingerprint density at radius 1 is 0.966 bits per heavy atom. The highest BCUT2D eigenvalue weighted by Crippen LogP contribution is 2.33. The molecule has 164 valence electrons. The van der Waals surface area contributed by atoms with Gasteiger partial charge in [-0.15, -0.1) is 0 Å². The number of hydrogen-bond donors (Lipinski definition) is 4. The average Bonchev–Trinajstić information content (AvgIpc) is 2.54. The molecule has 1 aliphatic heterocycles. The number of hydrogen-bond acceptors (Lipinski definition) is 6. The molecule has 0 bridgehead atoms. The zero-order chi connectivity index (χ0) is 22.1. The molecule has 5 atom stereocenters. The smallest absolute Gasteiger partial charge is 0.335 e. The van der Waals surface area contributed by atoms with Gasteiger partial charge in [-0.1, -0.05) is 53.7 Å². The van der Waals surface area contributed by atoms with E-state index in [1.54, 1.807) is 6.07 Å². The van der Waals surface area contributed by atoms with E-state index in [0.717, 1.165) is 17.5 Å². The molecule has 0 spiro atoms. The molecule has 1 aromatic rings. The fraction of sp³-hybridized carbons (Fsp3) is 0.682. The first-order valence-electron chi connectivity index (χ1n) is 9.89. The van der Waals surface area contributed by atoms with Gasteiger partial charge in [0.25, 0.3) is 0 Å². The Hall–Kier alpha value is -1.67. The maximum Gasteiger partial charge on any atom is 0.335 e. The minimum Gasteiger partial charge on any atom is -0.479 e. The van der Waals surface area contributed by atoms with Crippen LogP contribution in [0.15, 0.2) is 18.2 Å². The summed E-state index contributed by atoms with van der Waals surface area (Å²) in [6.07, 6.45) is -6.56. The number of aliphatic hydroxyl groups excluding tert-OH is 3. The van der Waals surface area contributed by atoms with Crippen LogP contribution in [0.3, 0.4) is 0 Å². The van der Waals surface area contributed by atoms with Crippen LogP contribution in [0.2, 0.25) is 0 Å². The molecule has 0 aliphatic carbocycles. The standard InChI is InChI=1S/C22H34O7/c1-21(2,3)10-12-7-8-14(13(9-12)11-22(4,5)6)28-20-17(25)15(23)16(24)18(29-20)19(26)27/h7-9,15-18,20,23-25H,10-11H2,1-6H3,(H,26,27). The predicted octanol–water partition coefficient (Wildman–Crippen LogP) is 2.13. The van der Waals surface area contributed by atoms with E-state index in [-0.39, 0.29) is 10.8 Å². The first-order valence-corrected chi connectivity index (χ1v) is 9.89. The van der Waals surface area contributed by atoms with Gasteiger partial charge in [-0.3, -0.25) is 0 Å². The van der Waals surface area contributed by atoms with Gasteiger partial charge in [-0.2, -0.15) is 0 Å². The summed E-state index contributed by atoms with van der Waals surface area (Å²) in [6.45, 7) is 12.8. The van der Waals surface area contributed by atoms with E-state index >= 15 is 0 Å². The average molecular weight is 411 g/mol. The summed E-state index contributed by atoms with van der Waals surface area (Å²) in [4.78, 5) is 11.3. The number of rotatable bonds is 5. The largest absolute Gasteiger partial charge is 0.479 e. The van der Waals surface area contributed by atoms with E-state index in [0.29, 0.717) is 12.2 Å². The van der Waals surface area contributed by atoms with Crippen LogP contribution in [0.1, 0.15) is 52.7 Å². The monoisotopic (exact) mass is 410 g/mol. The fourth-order valence-electron chi connectivity index (χ4n) is 3.45. The summed E-state index contributed by atoms with van der Waals surface area (Å²) in [6, 6.07) is 5.77. The van der Waals surface area contributed by atoms with Crippen molar-refractivity contribution in [2.75, 3.05) is 0 Å². The van der Waals surface area contributed by atoms with E-state index in [2.05, 4.69) is 47.6 Å². The molecule has 29 heavy (non-hydrogen) atoms. The molecule has 1 fully saturated rings. The van der Waals surface area contributed by atoms with Crippen molar-refractivity contribution in [2.45, 2.75) is 85.1 Å². The normalized spacial score (nSPS) is 28.2. The number of aliphatic carboxylic acids is 1. The van der Waals surface area contributed by atoms with Crippen molar-refractivity contribution in [3.8, 4) is 5.75 Å². The zero-order valence-electron chi connectivity index (χ0n) is 18.0. The van der Waals surface area contributed by atoms with E-state index in [9.17, 15) is 25.2 Å². The quantitative estimate of drug-likeness (QED) is 0.588. The summed E-state index contributed by atoms with van der Waals surface area (Å²) >= 11 is 0. The van der Waals surface area contributed by atoms with E-state index in [4.69, 9.17) is 9.47 Å². The molecule has 1 heterocycles. The highest BCUT2D eigenvalue weighted by atomic mass is 16.7. The number of carboxylic acid groups (broad SMARTS) is 1. The molecule has 0 aromatic heterocycles. The summed E-state index contributed by atoms with van der Waals surface area (Å²) < 4.78 is 11.1. The zero-order valence-corrected chi connectivity index (χ0v) is 18.0. The number of ether oxygens (including phenoxy) is 2. The van der Waals surface area contributed by atoms with Crippen molar-refractivity contribution >= 4 is 5.97 Å². The molecule has 7 heteroatoms. The van der Waals surface area contributed by atoms with Crippen LogP contribution in [0.25, 0.3) is 0 Å². The number of aliphatic hydroxyl groups is 3. The molecule has 1 saturated heterocycles. The minimum absolute atomic E-state index is 0.0379. The second-order valence-corrected chi connectivity index (χ2v) is 10.3. The Morgan fingerprint density at radius 2 is 1.55 bits per heavy atom. The lowest BCUT2D eigenvalue weighted by molar-refractivity contribution is -0.271. The van der Waals surface area contributed by atoms with Gasteiger partial charge in [0.2, 0.25) is 6.29 Å². The van der Waals surface area contributed by atoms with Crippen molar-refractivity contribution in [1.29, 1.82) is 0 Å². The highest BCUT2D eigenvalue weighted by Gasteiger charge is 2.48. The first kappa shape index (κ1) is 23.6. The van der Waals surface area contributed by atoms with Crippen LogP contribution >= 0.6 is 0 Å². The summed E-state index contributed by atoms with van der Waals surface area (Å²) in [5.74, 6) is -0.984. The summed E-state index contributed by atoms with van der Waals surface area (Å²) in [5, 5.41) is 39.3. The van der Waals surface area contributed by atoms with Crippen molar-refractivity contribution in [3.63, 3.8) is 0 Å². The van der Waals surface area contributed by atoms with Crippen LogP contribution in [0.5, 0.6) is 5.75 Å². The SMILES string of the molecule is CC(C)(C)Cc1ccc(OC2OC(C(=O)O)C(O)C(O)C2O)c(CC(C)(C)C)c1. The summed E-state index contributed by atoms with van der Waals surface area (Å²) in [7, 11) is 0. The van der Waals surface area contributed by atoms with Crippen LogP contribution in [0.4, 0.5) is 0 Å². The Morgan fingerprint density at radius 3 is 2.07 bits per heavy atom. The van der Waals surface area contributed by atoms with Gasteiger partial charge >= 0.3 is 5.97 Å². The maximum atomic E-state index is 11.3. The maximum absolute atomic E-state index is 11.3. The molecule has 1 aliphatic rings. The van der Waals surface area contributed by atoms with Crippen LogP contribution in [-0.2, 0) is 22.4 Å². The first-order chi connectivity index (χ1) is 13.2. The third-order valence-electron chi connectivity index (χ3n) is 4.64. The number of carbonyl (C=O) groups is 1. The Balaban J connectivity index is 2.33. The van der Waals surface area contributed by atoms with E-state index < -0.39 is 36.7 Å². The molecule has 2 rings (SSSR count). The van der Waals surface area contributed by atoms with E-state index in [1.807, 2.05) is 6.07 Å². The van der Waals surface area contributed by atoms with Gasteiger partial charge in [0.1, 0.15) is 24.1 Å². The van der Waals surface area contributed by atoms with Gasteiger partial charge in [0.05, 0.1) is 0 Å². The lowest BCUT2D eigenvalue weighted by atomic mass is 9.84. The fourth-order valence-corrected chi connectivity index (χ4v) is 3.45. The van der Waals surface area contributed by atoms with Gasteiger partial charge in [0, 0.05) is 0 Å². The second-order valence-electron chi connectivity index (χ2n) is 10.3. The van der Waals surface area contributed by atoms with Gasteiger partial charge in [0.15, 0.2) is 6.10 Å². The van der Waals surface area contributed by atoms with Crippen LogP contribution in [0, 0.1) is 10.8 Å². The Kier molecular flexibility index (Phi) is 7.00. The summed E-state index contributed by atoms with van der Waals surface area (Å²) in [5.41, 5.74) is 2.12. The molecule has 4 N–H and O–H groups in total. The molecule has 0 radical (unpaired) electrons. The van der Waals surface area contributed by atoms with Crippen molar-refractivity contribution in [1.82, 2.24) is 0 Å². The second kappa shape index (κ2) is 8.60. The molecule has 7 nitrogen and oxygen atoms in total. The lowest BCUT2D eigenvalue weighted by Crippen LogP contribution is -2.61. The molecule has 5 unspecified atom stereocenters. The molecular formula is C22H34O7. The minimum atomic E-state index is -1.74. The Bertz CT molecular complexity index is 717. The predicted molar refractivity (Wildman–Crippen MR) is 108 cm³/mol. The van der Waals surface area contributed by atoms with Crippen LogP contribution < -0.4 is 4.74 Å². The van der Waals surface area contributed by atoms with Crippen molar-refractivity contribution in [3.05, 3.63) is 29.3 Å². The molecule has 1 aromatic carbocycles. The lowest BCUT2D eigenvalue weighted by Gasteiger charge is -2.38. The number of benzene rings is 1. The van der Waals surface area contributed by atoms with E-state index in [1.165, 1.54) is 0 Å². The van der Waals surface area contributed by atoms with Crippen molar-refractivity contribution in [2.24, 2.45) is 10.8 Å². The van der Waals surface area contributed by atoms with Crippen LogP contribution in [-0.4, -0.2) is 57.1 Å². The number of carboxylic acids is 1. The van der Waals surface area contributed by atoms with Gasteiger partial charge in [-0.05, 0) is 40.9 Å². The van der Waals surface area contributed by atoms with Gasteiger partial charge in [-0.25, -0.2) is 4.79 Å². The third kappa shape index (κ3) is 6.40. The highest BCUT2D eigenvalue weighted by molar-refractivity contribution is 5.73. The van der Waals surface area contributed by atoms with Crippen molar-refractivity contribution < 1.29 is 34.7 Å². The molecular weight excluding hydrogens is 376 g/mol. The molecule has 0 amide bonds.